The Morgan fingerprint density at radius 1 is 1.22 bits per heavy atom. The Morgan fingerprint density at radius 2 is 2.04 bits per heavy atom. The molecule has 2 heterocycles. The number of thiophene rings is 1. The molecule has 0 fully saturated rings. The Labute approximate surface area is 142 Å². The van der Waals surface area contributed by atoms with Gasteiger partial charge in [0.25, 0.3) is 5.91 Å². The molecule has 0 aliphatic carbocycles. The van der Waals surface area contributed by atoms with Crippen LogP contribution in [0.1, 0.15) is 27.0 Å². The molecule has 3 rings (SSSR count). The minimum absolute atomic E-state index is 0.214. The normalized spacial score (nSPS) is 12.0. The summed E-state index contributed by atoms with van der Waals surface area (Å²) in [6, 6.07) is 13.5. The van der Waals surface area contributed by atoms with Crippen molar-refractivity contribution in [3.05, 3.63) is 69.4 Å². The van der Waals surface area contributed by atoms with Crippen molar-refractivity contribution >= 4 is 28.8 Å². The minimum atomic E-state index is -0.714. The van der Waals surface area contributed by atoms with Gasteiger partial charge in [0.2, 0.25) is 0 Å². The fraction of sp³-hybridized carbons (Fsp3) is 0.188. The van der Waals surface area contributed by atoms with Crippen molar-refractivity contribution in [2.75, 3.05) is 6.54 Å². The lowest BCUT2D eigenvalue weighted by Gasteiger charge is -2.24. The van der Waals surface area contributed by atoms with Crippen molar-refractivity contribution in [2.45, 2.75) is 12.6 Å². The maximum atomic E-state index is 12.6. The van der Waals surface area contributed by atoms with Gasteiger partial charge in [-0.2, -0.15) is 0 Å². The minimum Gasteiger partial charge on any atom is -0.386 e. The van der Waals surface area contributed by atoms with Crippen LogP contribution in [0.4, 0.5) is 0 Å². The lowest BCUT2D eigenvalue weighted by molar-refractivity contribution is 0.0603. The second-order valence-electron chi connectivity index (χ2n) is 4.99. The van der Waals surface area contributed by atoms with Crippen molar-refractivity contribution in [1.29, 1.82) is 0 Å². The predicted octanol–water partition coefficient (Wildman–Crippen LogP) is 2.98. The van der Waals surface area contributed by atoms with Crippen molar-refractivity contribution in [3.8, 4) is 0 Å². The molecule has 0 saturated heterocycles. The highest BCUT2D eigenvalue weighted by molar-refractivity contribution is 7.10. The van der Waals surface area contributed by atoms with E-state index < -0.39 is 6.10 Å². The highest BCUT2D eigenvalue weighted by Crippen LogP contribution is 2.21. The van der Waals surface area contributed by atoms with Crippen LogP contribution in [-0.4, -0.2) is 32.0 Å². The molecular formula is C16H15N3O2S2. The van der Waals surface area contributed by atoms with Gasteiger partial charge in [0.15, 0.2) is 5.69 Å². The molecule has 7 heteroatoms. The van der Waals surface area contributed by atoms with Crippen LogP contribution in [0, 0.1) is 0 Å². The molecule has 23 heavy (non-hydrogen) atoms. The summed E-state index contributed by atoms with van der Waals surface area (Å²) in [6.07, 6.45) is -0.714. The molecule has 0 spiro atoms. The molecule has 1 aromatic carbocycles. The fourth-order valence-corrected chi connectivity index (χ4v) is 3.36. The van der Waals surface area contributed by atoms with Gasteiger partial charge in [0.1, 0.15) is 6.10 Å². The Bertz CT molecular complexity index is 730. The van der Waals surface area contributed by atoms with E-state index in [4.69, 9.17) is 0 Å². The molecule has 0 aliphatic heterocycles. The summed E-state index contributed by atoms with van der Waals surface area (Å²) in [5, 5.41) is 17.8. The SMILES string of the molecule is O=C(c1csnn1)N(Cc1ccccc1)C[C@@H](O)c1cccs1. The molecule has 118 valence electrons. The first-order valence-electron chi connectivity index (χ1n) is 7.06. The quantitative estimate of drug-likeness (QED) is 0.746. The van der Waals surface area contributed by atoms with E-state index >= 15 is 0 Å². The third-order valence-electron chi connectivity index (χ3n) is 3.35. The van der Waals surface area contributed by atoms with Gasteiger partial charge in [-0.3, -0.25) is 4.79 Å². The van der Waals surface area contributed by atoms with E-state index in [0.717, 1.165) is 22.0 Å². The van der Waals surface area contributed by atoms with Crippen molar-refractivity contribution in [2.24, 2.45) is 0 Å². The van der Waals surface area contributed by atoms with Gasteiger partial charge in [0.05, 0.1) is 6.54 Å². The molecule has 1 amide bonds. The lowest BCUT2D eigenvalue weighted by Crippen LogP contribution is -2.34. The topological polar surface area (TPSA) is 66.3 Å². The third-order valence-corrected chi connectivity index (χ3v) is 4.83. The van der Waals surface area contributed by atoms with E-state index in [-0.39, 0.29) is 12.5 Å². The second kappa shape index (κ2) is 7.45. The van der Waals surface area contributed by atoms with E-state index in [0.29, 0.717) is 12.2 Å². The summed E-state index contributed by atoms with van der Waals surface area (Å²) in [5.41, 5.74) is 1.31. The first-order chi connectivity index (χ1) is 11.2. The van der Waals surface area contributed by atoms with Gasteiger partial charge in [-0.15, -0.1) is 16.4 Å². The van der Waals surface area contributed by atoms with Crippen molar-refractivity contribution in [1.82, 2.24) is 14.5 Å². The Kier molecular flexibility index (Phi) is 5.12. The van der Waals surface area contributed by atoms with Crippen molar-refractivity contribution in [3.63, 3.8) is 0 Å². The molecule has 1 atom stereocenters. The van der Waals surface area contributed by atoms with Crippen LogP contribution >= 0.6 is 22.9 Å². The maximum Gasteiger partial charge on any atom is 0.275 e. The average Bonchev–Trinajstić information content (AvgIpc) is 3.27. The van der Waals surface area contributed by atoms with Crippen LogP contribution in [0.2, 0.25) is 0 Å². The van der Waals surface area contributed by atoms with Crippen LogP contribution in [-0.2, 0) is 6.54 Å². The van der Waals surface area contributed by atoms with Crippen LogP contribution in [0.15, 0.2) is 53.2 Å². The van der Waals surface area contributed by atoms with Crippen molar-refractivity contribution < 1.29 is 9.90 Å². The summed E-state index contributed by atoms with van der Waals surface area (Å²) in [7, 11) is 0. The zero-order valence-electron chi connectivity index (χ0n) is 12.2. The van der Waals surface area contributed by atoms with E-state index in [1.807, 2.05) is 47.8 Å². The number of rotatable bonds is 6. The van der Waals surface area contributed by atoms with Crippen LogP contribution in [0.3, 0.4) is 0 Å². The molecule has 5 nitrogen and oxygen atoms in total. The lowest BCUT2D eigenvalue weighted by atomic mass is 10.2. The monoisotopic (exact) mass is 345 g/mol. The van der Waals surface area contributed by atoms with E-state index in [2.05, 4.69) is 9.59 Å². The van der Waals surface area contributed by atoms with E-state index in [9.17, 15) is 9.90 Å². The third kappa shape index (κ3) is 4.01. The fourth-order valence-electron chi connectivity index (χ4n) is 2.22. The summed E-state index contributed by atoms with van der Waals surface area (Å²) < 4.78 is 3.75. The van der Waals surface area contributed by atoms with E-state index in [1.165, 1.54) is 11.3 Å². The largest absolute Gasteiger partial charge is 0.386 e. The van der Waals surface area contributed by atoms with Gasteiger partial charge in [0, 0.05) is 16.8 Å². The van der Waals surface area contributed by atoms with E-state index in [1.54, 1.807) is 10.3 Å². The standard InChI is InChI=1S/C16H15N3O2S2/c20-14(15-7-4-8-22-15)10-19(9-12-5-2-1-3-6-12)16(21)13-11-23-18-17-13/h1-8,11,14,20H,9-10H2/t14-/m1/s1. The number of hydrogen-bond acceptors (Lipinski definition) is 6. The highest BCUT2D eigenvalue weighted by Gasteiger charge is 2.22. The summed E-state index contributed by atoms with van der Waals surface area (Å²) >= 11 is 2.61. The number of amides is 1. The number of aromatic nitrogens is 2. The highest BCUT2D eigenvalue weighted by atomic mass is 32.1. The first-order valence-corrected chi connectivity index (χ1v) is 8.77. The maximum absolute atomic E-state index is 12.6. The number of aliphatic hydroxyl groups is 1. The number of nitrogens with zero attached hydrogens (tertiary/aromatic N) is 3. The second-order valence-corrected chi connectivity index (χ2v) is 6.58. The molecule has 3 aromatic rings. The molecule has 0 saturated carbocycles. The molecule has 0 aliphatic rings. The van der Waals surface area contributed by atoms with Gasteiger partial charge >= 0.3 is 0 Å². The smallest absolute Gasteiger partial charge is 0.275 e. The zero-order chi connectivity index (χ0) is 16.1. The van der Waals surface area contributed by atoms with Gasteiger partial charge in [-0.25, -0.2) is 0 Å². The predicted molar refractivity (Wildman–Crippen MR) is 90.4 cm³/mol. The molecule has 0 unspecified atom stereocenters. The van der Waals surface area contributed by atoms with Gasteiger partial charge in [-0.1, -0.05) is 40.9 Å². The summed E-state index contributed by atoms with van der Waals surface area (Å²) in [6.45, 7) is 0.630. The number of carbonyl (C=O) groups excluding carboxylic acids is 1. The molecule has 1 N–H and O–H groups in total. The number of aliphatic hydroxyl groups excluding tert-OH is 1. The Balaban J connectivity index is 1.79. The number of hydrogen-bond donors (Lipinski definition) is 1. The van der Waals surface area contributed by atoms with Gasteiger partial charge in [-0.05, 0) is 28.5 Å². The van der Waals surface area contributed by atoms with Crippen LogP contribution < -0.4 is 0 Å². The number of carbonyl (C=O) groups is 1. The van der Waals surface area contributed by atoms with Crippen LogP contribution in [0.25, 0.3) is 0 Å². The number of benzene rings is 1. The first kappa shape index (κ1) is 15.8. The van der Waals surface area contributed by atoms with Crippen LogP contribution in [0.5, 0.6) is 0 Å². The molecule has 0 bridgehead atoms. The molecule has 2 aromatic heterocycles. The molecule has 0 radical (unpaired) electrons. The van der Waals surface area contributed by atoms with Gasteiger partial charge < -0.3 is 10.0 Å². The summed E-state index contributed by atoms with van der Waals surface area (Å²) in [5.74, 6) is -0.224. The Hall–Kier alpha value is -2.09. The molecular weight excluding hydrogens is 330 g/mol. The zero-order valence-corrected chi connectivity index (χ0v) is 13.8. The Morgan fingerprint density at radius 3 is 2.70 bits per heavy atom. The summed E-state index contributed by atoms with van der Waals surface area (Å²) in [4.78, 5) is 15.1. The average molecular weight is 345 g/mol.